The van der Waals surface area contributed by atoms with Gasteiger partial charge in [-0.3, -0.25) is 4.79 Å². The van der Waals surface area contributed by atoms with E-state index < -0.39 is 53.2 Å². The van der Waals surface area contributed by atoms with E-state index in [-0.39, 0.29) is 29.3 Å². The van der Waals surface area contributed by atoms with Gasteiger partial charge >= 0.3 is 18.2 Å². The number of amides is 1. The Kier molecular flexibility index (Phi) is 10.8. The van der Waals surface area contributed by atoms with Crippen molar-refractivity contribution in [2.24, 2.45) is 5.92 Å². The second-order valence-electron chi connectivity index (χ2n) is 13.6. The van der Waals surface area contributed by atoms with Crippen LogP contribution in [-0.4, -0.2) is 48.1 Å². The molecule has 0 aliphatic heterocycles. The number of nitrogens with zero attached hydrogens (tertiary/aromatic N) is 5. The zero-order chi connectivity index (χ0) is 38.1. The zero-order valence-corrected chi connectivity index (χ0v) is 30.3. The summed E-state index contributed by atoms with van der Waals surface area (Å²) in [5.74, 6) is -1.16. The van der Waals surface area contributed by atoms with Gasteiger partial charge in [0, 0.05) is 16.3 Å². The maximum Gasteiger partial charge on any atom is 0.433 e. The summed E-state index contributed by atoms with van der Waals surface area (Å²) in [7, 11) is 0. The van der Waals surface area contributed by atoms with E-state index in [1.165, 1.54) is 29.1 Å². The van der Waals surface area contributed by atoms with Crippen molar-refractivity contribution < 1.29 is 32.2 Å². The van der Waals surface area contributed by atoms with Crippen molar-refractivity contribution in [2.75, 3.05) is 0 Å². The molecule has 2 atom stereocenters. The Bertz CT molecular complexity index is 2160. The second kappa shape index (κ2) is 14.8. The number of carbonyl (C=O) groups excluding carboxylic acids is 2. The van der Waals surface area contributed by atoms with Gasteiger partial charge in [-0.25, -0.2) is 23.8 Å². The maximum atomic E-state index is 14.8. The third kappa shape index (κ3) is 8.28. The van der Waals surface area contributed by atoms with Crippen molar-refractivity contribution in [1.29, 1.82) is 0 Å². The van der Waals surface area contributed by atoms with Gasteiger partial charge in [0.15, 0.2) is 17.6 Å². The molecule has 0 aliphatic carbocycles. The highest BCUT2D eigenvalue weighted by molar-refractivity contribution is 6.30. The standard InChI is InChI=1S/C37H38ClF3N6O5/c1-20(2)30(43-35(50)52-36(5,6)7)34(49)51-22(4)31-44-45-32-28(24-13-16-26(38)17-14-24)29(23-11-9-8-10-12-23)33(48)46(47(31)32)19-25-15-18-27(37(39,40)41)42-21(25)3/h8-18,20,22,30H,19H2,1-7H3,(H,43,50)/t22-,30-/m0/s1. The van der Waals surface area contributed by atoms with Crippen LogP contribution in [0.2, 0.25) is 5.02 Å². The average Bonchev–Trinajstić information content (AvgIpc) is 3.50. The number of esters is 1. The van der Waals surface area contributed by atoms with Crippen molar-refractivity contribution in [3.63, 3.8) is 0 Å². The van der Waals surface area contributed by atoms with Gasteiger partial charge < -0.3 is 14.8 Å². The number of aromatic nitrogens is 5. The van der Waals surface area contributed by atoms with Crippen molar-refractivity contribution in [3.8, 4) is 22.3 Å². The Morgan fingerprint density at radius 2 is 1.54 bits per heavy atom. The Balaban J connectivity index is 1.70. The van der Waals surface area contributed by atoms with Gasteiger partial charge in [-0.05, 0) is 75.4 Å². The number of benzene rings is 2. The largest absolute Gasteiger partial charge is 0.453 e. The highest BCUT2D eigenvalue weighted by atomic mass is 35.5. The number of carbonyl (C=O) groups is 2. The van der Waals surface area contributed by atoms with Crippen LogP contribution in [0.1, 0.15) is 70.4 Å². The number of alkyl carbamates (subject to hydrolysis) is 1. The van der Waals surface area contributed by atoms with Gasteiger partial charge in [0.05, 0.1) is 12.1 Å². The highest BCUT2D eigenvalue weighted by Crippen LogP contribution is 2.35. The normalized spacial score (nSPS) is 13.2. The lowest BCUT2D eigenvalue weighted by atomic mass is 9.96. The fourth-order valence-electron chi connectivity index (χ4n) is 5.59. The summed E-state index contributed by atoms with van der Waals surface area (Å²) in [6.45, 7) is 11.2. The quantitative estimate of drug-likeness (QED) is 0.152. The summed E-state index contributed by atoms with van der Waals surface area (Å²) in [5.41, 5.74) is -0.0670. The molecule has 0 saturated heterocycles. The molecule has 5 rings (SSSR count). The van der Waals surface area contributed by atoms with Gasteiger partial charge in [0.2, 0.25) is 0 Å². The van der Waals surface area contributed by atoms with Gasteiger partial charge in [0.1, 0.15) is 17.3 Å². The first-order valence-corrected chi connectivity index (χ1v) is 16.8. The first kappa shape index (κ1) is 38.0. The average molecular weight is 739 g/mol. The van der Waals surface area contributed by atoms with Crippen LogP contribution in [0.3, 0.4) is 0 Å². The highest BCUT2D eigenvalue weighted by Gasteiger charge is 2.34. The summed E-state index contributed by atoms with van der Waals surface area (Å²) in [6, 6.07) is 16.6. The summed E-state index contributed by atoms with van der Waals surface area (Å²) >= 11 is 6.22. The first-order chi connectivity index (χ1) is 24.4. The molecule has 274 valence electrons. The summed E-state index contributed by atoms with van der Waals surface area (Å²) in [5, 5.41) is 11.9. The lowest BCUT2D eigenvalue weighted by molar-refractivity contribution is -0.153. The van der Waals surface area contributed by atoms with E-state index in [2.05, 4.69) is 20.5 Å². The van der Waals surface area contributed by atoms with Gasteiger partial charge in [-0.1, -0.05) is 74.0 Å². The number of alkyl halides is 3. The SMILES string of the molecule is Cc1nc(C(F)(F)F)ccc1Cn1c(=O)c(-c2ccccc2)c(-c2ccc(Cl)cc2)c2nnc([C@H](C)OC(=O)[C@@H](NC(=O)OC(C)(C)C)C(C)C)n21. The molecule has 5 aromatic rings. The van der Waals surface area contributed by atoms with E-state index in [1.54, 1.807) is 89.2 Å². The Labute approximate surface area is 302 Å². The summed E-state index contributed by atoms with van der Waals surface area (Å²) in [6.07, 6.45) is -6.61. The number of rotatable bonds is 9. The zero-order valence-electron chi connectivity index (χ0n) is 29.6. The van der Waals surface area contributed by atoms with E-state index in [9.17, 15) is 27.6 Å². The predicted molar refractivity (Wildman–Crippen MR) is 189 cm³/mol. The molecule has 1 amide bonds. The van der Waals surface area contributed by atoms with Crippen LogP contribution in [-0.2, 0) is 27.0 Å². The van der Waals surface area contributed by atoms with Crippen LogP contribution < -0.4 is 10.9 Å². The minimum Gasteiger partial charge on any atom is -0.453 e. The Morgan fingerprint density at radius 1 is 0.904 bits per heavy atom. The molecule has 11 nitrogen and oxygen atoms in total. The smallest absolute Gasteiger partial charge is 0.433 e. The van der Waals surface area contributed by atoms with Crippen LogP contribution in [0.5, 0.6) is 0 Å². The van der Waals surface area contributed by atoms with E-state index in [0.29, 0.717) is 27.3 Å². The number of halogens is 4. The minimum absolute atomic E-state index is 0.0348. The maximum absolute atomic E-state index is 14.8. The molecular formula is C37H38ClF3N6O5. The monoisotopic (exact) mass is 738 g/mol. The fourth-order valence-corrected chi connectivity index (χ4v) is 5.72. The molecule has 0 radical (unpaired) electrons. The molecular weight excluding hydrogens is 701 g/mol. The number of hydrogen-bond acceptors (Lipinski definition) is 8. The number of ether oxygens (including phenoxy) is 2. The van der Waals surface area contributed by atoms with Crippen LogP contribution in [0.25, 0.3) is 27.9 Å². The molecule has 0 aliphatic rings. The van der Waals surface area contributed by atoms with E-state index >= 15 is 0 Å². The van der Waals surface area contributed by atoms with Crippen LogP contribution in [0.4, 0.5) is 18.0 Å². The first-order valence-electron chi connectivity index (χ1n) is 16.4. The van der Waals surface area contributed by atoms with Crippen LogP contribution >= 0.6 is 11.6 Å². The van der Waals surface area contributed by atoms with Crippen LogP contribution in [0.15, 0.2) is 71.5 Å². The lowest BCUT2D eigenvalue weighted by Crippen LogP contribution is -2.47. The van der Waals surface area contributed by atoms with Crippen molar-refractivity contribution in [3.05, 3.63) is 105 Å². The third-order valence-electron chi connectivity index (χ3n) is 8.08. The fraction of sp³-hybridized carbons (Fsp3) is 0.351. The molecule has 1 N–H and O–H groups in total. The number of pyridine rings is 1. The number of fused-ring (bicyclic) bond motifs is 1. The Hall–Kier alpha value is -5.24. The second-order valence-corrected chi connectivity index (χ2v) is 14.0. The molecule has 15 heteroatoms. The molecule has 2 aromatic carbocycles. The van der Waals surface area contributed by atoms with E-state index in [1.807, 2.05) is 0 Å². The topological polar surface area (TPSA) is 130 Å². The van der Waals surface area contributed by atoms with Crippen molar-refractivity contribution >= 4 is 29.3 Å². The van der Waals surface area contributed by atoms with E-state index in [0.717, 1.165) is 6.07 Å². The summed E-state index contributed by atoms with van der Waals surface area (Å²) in [4.78, 5) is 44.7. The molecule has 3 aromatic heterocycles. The Morgan fingerprint density at radius 3 is 2.12 bits per heavy atom. The molecule has 0 spiro atoms. The molecule has 0 fully saturated rings. The molecule has 0 saturated carbocycles. The van der Waals surface area contributed by atoms with Crippen molar-refractivity contribution in [2.45, 2.75) is 78.9 Å². The molecule has 52 heavy (non-hydrogen) atoms. The summed E-state index contributed by atoms with van der Waals surface area (Å²) < 4.78 is 54.4. The number of hydrogen-bond donors (Lipinski definition) is 1. The van der Waals surface area contributed by atoms with Gasteiger partial charge in [-0.2, -0.15) is 13.2 Å². The van der Waals surface area contributed by atoms with Gasteiger partial charge in [-0.15, -0.1) is 10.2 Å². The van der Waals surface area contributed by atoms with Crippen molar-refractivity contribution in [1.82, 2.24) is 29.7 Å². The van der Waals surface area contributed by atoms with E-state index in [4.69, 9.17) is 21.1 Å². The number of nitrogens with one attached hydrogen (secondary N) is 1. The predicted octanol–water partition coefficient (Wildman–Crippen LogP) is 7.80. The number of aryl methyl sites for hydroxylation is 1. The minimum atomic E-state index is -4.67. The lowest BCUT2D eigenvalue weighted by Gasteiger charge is -2.25. The molecule has 0 unspecified atom stereocenters. The van der Waals surface area contributed by atoms with Gasteiger partial charge in [0.25, 0.3) is 5.56 Å². The van der Waals surface area contributed by atoms with Crippen LogP contribution in [0, 0.1) is 12.8 Å². The molecule has 0 bridgehead atoms. The molecule has 3 heterocycles. The third-order valence-corrected chi connectivity index (χ3v) is 8.33.